The molecule has 3 rings (SSSR count). The van der Waals surface area contributed by atoms with Crippen molar-refractivity contribution in [1.82, 2.24) is 9.80 Å². The summed E-state index contributed by atoms with van der Waals surface area (Å²) < 4.78 is 27.9. The van der Waals surface area contributed by atoms with E-state index in [1.165, 1.54) is 30.5 Å². The van der Waals surface area contributed by atoms with E-state index in [0.717, 1.165) is 16.0 Å². The molecule has 0 radical (unpaired) electrons. The molecule has 1 aliphatic rings. The molecule has 0 spiro atoms. The number of imide groups is 2. The topological polar surface area (TPSA) is 143 Å². The fourth-order valence-electron chi connectivity index (χ4n) is 2.93. The first-order chi connectivity index (χ1) is 14.1. The molecule has 1 aliphatic heterocycles. The molecule has 30 heavy (non-hydrogen) atoms. The Bertz CT molecular complexity index is 1090. The second kappa shape index (κ2) is 8.20. The minimum atomic E-state index is -3.85. The number of urea groups is 1. The average Bonchev–Trinajstić information content (AvgIpc) is 3.18. The number of rotatable bonds is 6. The molecular weight excluding hydrogens is 412 g/mol. The van der Waals surface area contributed by atoms with Crippen LogP contribution >= 0.6 is 0 Å². The minimum Gasteiger partial charge on any atom is -0.467 e. The molecule has 2 aromatic rings. The Morgan fingerprint density at radius 3 is 2.33 bits per heavy atom. The number of amides is 4. The zero-order chi connectivity index (χ0) is 22.1. The van der Waals surface area contributed by atoms with Gasteiger partial charge in [-0.15, -0.1) is 0 Å². The quantitative estimate of drug-likeness (QED) is 0.543. The Hall–Kier alpha value is -3.31. The first-order valence-electron chi connectivity index (χ1n) is 8.97. The summed E-state index contributed by atoms with van der Waals surface area (Å²) in [5.74, 6) is -2.31. The number of benzene rings is 1. The van der Waals surface area contributed by atoms with Crippen molar-refractivity contribution in [3.8, 4) is 0 Å². The van der Waals surface area contributed by atoms with Crippen LogP contribution in [0.2, 0.25) is 0 Å². The number of aliphatic imine (C=N–C) groups is 1. The summed E-state index contributed by atoms with van der Waals surface area (Å²) in [6.07, 6.45) is 2.57. The molecule has 1 aromatic carbocycles. The minimum absolute atomic E-state index is 0.0903. The standard InChI is InChI=1S/C19H20N4O6S/c1-12(2)23-18(25)16(10-21-13-5-7-15(8-6-13)30(20,27)28)17(24)22(19(23)26)11-14-4-3-9-29-14/h3-10,12,16H,11H2,1-2H3,(H2,20,27,28). The van der Waals surface area contributed by atoms with Gasteiger partial charge in [-0.1, -0.05) is 0 Å². The van der Waals surface area contributed by atoms with Gasteiger partial charge in [0.25, 0.3) is 0 Å². The number of carbonyl (C=O) groups is 3. The van der Waals surface area contributed by atoms with Gasteiger partial charge in [0.15, 0.2) is 5.92 Å². The second-order valence-electron chi connectivity index (χ2n) is 6.88. The van der Waals surface area contributed by atoms with E-state index < -0.39 is 39.8 Å². The summed E-state index contributed by atoms with van der Waals surface area (Å²) in [5, 5.41) is 5.06. The van der Waals surface area contributed by atoms with Crippen molar-refractivity contribution in [2.24, 2.45) is 16.0 Å². The Kier molecular flexibility index (Phi) is 5.85. The van der Waals surface area contributed by atoms with Crippen LogP contribution in [0.1, 0.15) is 19.6 Å². The van der Waals surface area contributed by atoms with Crippen molar-refractivity contribution in [2.45, 2.75) is 31.3 Å². The number of hydrogen-bond donors (Lipinski definition) is 1. The maximum absolute atomic E-state index is 12.9. The number of hydrogen-bond acceptors (Lipinski definition) is 7. The number of carbonyl (C=O) groups excluding carboxylic acids is 3. The third kappa shape index (κ3) is 4.31. The molecule has 1 aromatic heterocycles. The van der Waals surface area contributed by atoms with E-state index >= 15 is 0 Å². The third-order valence-electron chi connectivity index (χ3n) is 4.42. The molecule has 2 heterocycles. The summed E-state index contributed by atoms with van der Waals surface area (Å²) in [4.78, 5) is 44.4. The van der Waals surface area contributed by atoms with Gasteiger partial charge in [-0.2, -0.15) is 0 Å². The van der Waals surface area contributed by atoms with Gasteiger partial charge in [-0.25, -0.2) is 18.4 Å². The molecule has 1 saturated heterocycles. The fraction of sp³-hybridized carbons (Fsp3) is 0.263. The van der Waals surface area contributed by atoms with Crippen LogP contribution in [0.3, 0.4) is 0 Å². The fourth-order valence-corrected chi connectivity index (χ4v) is 3.45. The van der Waals surface area contributed by atoms with Gasteiger partial charge < -0.3 is 4.42 Å². The van der Waals surface area contributed by atoms with Crippen LogP contribution in [-0.2, 0) is 26.2 Å². The zero-order valence-corrected chi connectivity index (χ0v) is 17.1. The smallest absolute Gasteiger partial charge is 0.334 e. The van der Waals surface area contributed by atoms with E-state index in [4.69, 9.17) is 9.56 Å². The van der Waals surface area contributed by atoms with Gasteiger partial charge in [-0.3, -0.25) is 24.4 Å². The molecule has 1 fully saturated rings. The van der Waals surface area contributed by atoms with Crippen LogP contribution in [0.25, 0.3) is 0 Å². The highest BCUT2D eigenvalue weighted by Crippen LogP contribution is 2.23. The molecule has 11 heteroatoms. The Balaban J connectivity index is 1.89. The Labute approximate surface area is 173 Å². The molecule has 1 atom stereocenters. The monoisotopic (exact) mass is 432 g/mol. The summed E-state index contributed by atoms with van der Waals surface area (Å²) in [5.41, 5.74) is 0.314. The van der Waals surface area contributed by atoms with Crippen LogP contribution in [-0.4, -0.2) is 48.3 Å². The highest BCUT2D eigenvalue weighted by atomic mass is 32.2. The lowest BCUT2D eigenvalue weighted by atomic mass is 10.0. The highest BCUT2D eigenvalue weighted by molar-refractivity contribution is 7.89. The van der Waals surface area contributed by atoms with Gasteiger partial charge >= 0.3 is 6.03 Å². The number of nitrogens with two attached hydrogens (primary N) is 1. The number of primary sulfonamides is 1. The van der Waals surface area contributed by atoms with Gasteiger partial charge in [0, 0.05) is 12.3 Å². The van der Waals surface area contributed by atoms with E-state index in [9.17, 15) is 22.8 Å². The summed E-state index contributed by atoms with van der Waals surface area (Å²) >= 11 is 0. The summed E-state index contributed by atoms with van der Waals surface area (Å²) in [7, 11) is -3.85. The van der Waals surface area contributed by atoms with Gasteiger partial charge in [-0.05, 0) is 50.2 Å². The summed E-state index contributed by atoms with van der Waals surface area (Å²) in [6.45, 7) is 3.21. The van der Waals surface area contributed by atoms with Gasteiger partial charge in [0.1, 0.15) is 5.76 Å². The van der Waals surface area contributed by atoms with E-state index in [2.05, 4.69) is 4.99 Å². The lowest BCUT2D eigenvalue weighted by Crippen LogP contribution is -2.61. The van der Waals surface area contributed by atoms with Crippen molar-refractivity contribution in [2.75, 3.05) is 0 Å². The first kappa shape index (κ1) is 21.4. The molecule has 158 valence electrons. The molecule has 4 amide bonds. The van der Waals surface area contributed by atoms with Crippen LogP contribution in [0.5, 0.6) is 0 Å². The predicted molar refractivity (Wildman–Crippen MR) is 106 cm³/mol. The van der Waals surface area contributed by atoms with Crippen LogP contribution < -0.4 is 5.14 Å². The summed E-state index contributed by atoms with van der Waals surface area (Å²) in [6, 6.07) is 7.36. The highest BCUT2D eigenvalue weighted by Gasteiger charge is 2.46. The molecule has 10 nitrogen and oxygen atoms in total. The maximum Gasteiger partial charge on any atom is 0.334 e. The van der Waals surface area contributed by atoms with Crippen LogP contribution in [0.4, 0.5) is 10.5 Å². The van der Waals surface area contributed by atoms with Crippen molar-refractivity contribution >= 4 is 39.8 Å². The van der Waals surface area contributed by atoms with E-state index in [0.29, 0.717) is 11.4 Å². The van der Waals surface area contributed by atoms with E-state index in [-0.39, 0.29) is 11.4 Å². The number of nitrogens with zero attached hydrogens (tertiary/aromatic N) is 3. The third-order valence-corrected chi connectivity index (χ3v) is 5.35. The van der Waals surface area contributed by atoms with Crippen LogP contribution in [0, 0.1) is 5.92 Å². The van der Waals surface area contributed by atoms with E-state index in [1.54, 1.807) is 26.0 Å². The molecule has 0 bridgehead atoms. The average molecular weight is 432 g/mol. The lowest BCUT2D eigenvalue weighted by Gasteiger charge is -2.37. The Morgan fingerprint density at radius 1 is 1.13 bits per heavy atom. The van der Waals surface area contributed by atoms with Crippen molar-refractivity contribution in [3.05, 3.63) is 48.4 Å². The largest absolute Gasteiger partial charge is 0.467 e. The van der Waals surface area contributed by atoms with Crippen molar-refractivity contribution in [1.29, 1.82) is 0 Å². The molecular formula is C19H20N4O6S. The molecule has 1 unspecified atom stereocenters. The van der Waals surface area contributed by atoms with Gasteiger partial charge in [0.2, 0.25) is 21.8 Å². The lowest BCUT2D eigenvalue weighted by molar-refractivity contribution is -0.147. The van der Waals surface area contributed by atoms with Crippen molar-refractivity contribution < 1.29 is 27.2 Å². The number of barbiturate groups is 1. The number of sulfonamides is 1. The second-order valence-corrected chi connectivity index (χ2v) is 8.44. The van der Waals surface area contributed by atoms with Crippen molar-refractivity contribution in [3.63, 3.8) is 0 Å². The number of furan rings is 1. The molecule has 0 saturated carbocycles. The predicted octanol–water partition coefficient (Wildman–Crippen LogP) is 1.64. The molecule has 2 N–H and O–H groups in total. The van der Waals surface area contributed by atoms with Crippen LogP contribution in [0.15, 0.2) is 57.0 Å². The normalized spacial score (nSPS) is 18.1. The SMILES string of the molecule is CC(C)N1C(=O)C(C=Nc2ccc(S(N)(=O)=O)cc2)C(=O)N(Cc2ccco2)C1=O. The zero-order valence-electron chi connectivity index (χ0n) is 16.3. The van der Waals surface area contributed by atoms with Gasteiger partial charge in [0.05, 0.1) is 23.4 Å². The van der Waals surface area contributed by atoms with E-state index in [1.807, 2.05) is 0 Å². The molecule has 0 aliphatic carbocycles. The Morgan fingerprint density at radius 2 is 1.80 bits per heavy atom. The maximum atomic E-state index is 12.9. The first-order valence-corrected chi connectivity index (χ1v) is 10.5.